The Morgan fingerprint density at radius 3 is 2.18 bits per heavy atom. The first-order valence-corrected chi connectivity index (χ1v) is 10.5. The van der Waals surface area contributed by atoms with E-state index in [1.54, 1.807) is 24.3 Å². The first kappa shape index (κ1) is 24.3. The van der Waals surface area contributed by atoms with Crippen LogP contribution in [0.2, 0.25) is 0 Å². The summed E-state index contributed by atoms with van der Waals surface area (Å²) in [5, 5.41) is 12.8. The van der Waals surface area contributed by atoms with Crippen LogP contribution in [0, 0.1) is 0 Å². The van der Waals surface area contributed by atoms with Gasteiger partial charge in [-0.25, -0.2) is 4.79 Å². The maximum absolute atomic E-state index is 12.9. The molecule has 0 saturated carbocycles. The number of alkyl halides is 3. The number of esters is 1. The Bertz CT molecular complexity index is 1150. The fourth-order valence-corrected chi connectivity index (χ4v) is 3.44. The average Bonchev–Trinajstić information content (AvgIpc) is 2.79. The largest absolute Gasteiger partial charge is 0.507 e. The van der Waals surface area contributed by atoms with E-state index in [0.29, 0.717) is 11.1 Å². The number of carbonyl (C=O) groups is 2. The van der Waals surface area contributed by atoms with Crippen LogP contribution in [0.3, 0.4) is 0 Å². The maximum Gasteiger partial charge on any atom is 0.416 e. The molecule has 172 valence electrons. The van der Waals surface area contributed by atoms with Gasteiger partial charge >= 0.3 is 12.1 Å². The number of nitrogens with one attached hydrogen (secondary N) is 1. The second kappa shape index (κ2) is 10.1. The molecule has 2 N–H and O–H groups in total. The van der Waals surface area contributed by atoms with E-state index in [4.69, 9.17) is 4.74 Å². The summed E-state index contributed by atoms with van der Waals surface area (Å²) in [6.07, 6.45) is -4.30. The number of hydrogen-bond acceptors (Lipinski definition) is 4. The zero-order valence-corrected chi connectivity index (χ0v) is 18.9. The van der Waals surface area contributed by atoms with Gasteiger partial charge in [0.2, 0.25) is 0 Å². The highest BCUT2D eigenvalue weighted by Crippen LogP contribution is 2.32. The zero-order chi connectivity index (χ0) is 24.2. The number of aromatic hydroxyl groups is 1. The molecule has 0 aromatic heterocycles. The van der Waals surface area contributed by atoms with E-state index in [0.717, 1.165) is 22.2 Å². The van der Waals surface area contributed by atoms with Gasteiger partial charge in [-0.05, 0) is 53.1 Å². The quantitative estimate of drug-likeness (QED) is 0.428. The van der Waals surface area contributed by atoms with E-state index in [-0.39, 0.29) is 17.7 Å². The van der Waals surface area contributed by atoms with E-state index in [1.807, 2.05) is 0 Å². The van der Waals surface area contributed by atoms with Crippen molar-refractivity contribution in [1.29, 1.82) is 0 Å². The summed E-state index contributed by atoms with van der Waals surface area (Å²) in [6, 6.07) is 14.7. The maximum atomic E-state index is 12.9. The van der Waals surface area contributed by atoms with Crippen molar-refractivity contribution in [3.8, 4) is 16.9 Å². The van der Waals surface area contributed by atoms with Crippen molar-refractivity contribution in [1.82, 2.24) is 5.32 Å². The van der Waals surface area contributed by atoms with Gasteiger partial charge in [-0.15, -0.1) is 0 Å². The summed E-state index contributed by atoms with van der Waals surface area (Å²) in [4.78, 5) is 25.1. The third-order valence-electron chi connectivity index (χ3n) is 4.93. The molecule has 0 bridgehead atoms. The van der Waals surface area contributed by atoms with Gasteiger partial charge < -0.3 is 15.2 Å². The van der Waals surface area contributed by atoms with Crippen molar-refractivity contribution in [3.63, 3.8) is 0 Å². The molecule has 0 aliphatic rings. The number of hydrogen-bond donors (Lipinski definition) is 2. The normalized spacial score (nSPS) is 12.2. The third kappa shape index (κ3) is 6.13. The fourth-order valence-electron chi connectivity index (χ4n) is 3.18. The van der Waals surface area contributed by atoms with Gasteiger partial charge in [-0.2, -0.15) is 13.2 Å². The van der Waals surface area contributed by atoms with Crippen LogP contribution < -0.4 is 5.32 Å². The zero-order valence-electron chi connectivity index (χ0n) is 17.3. The summed E-state index contributed by atoms with van der Waals surface area (Å²) < 4.78 is 44.1. The summed E-state index contributed by atoms with van der Waals surface area (Å²) in [5.74, 6) is -1.73. The third-order valence-corrected chi connectivity index (χ3v) is 5.46. The van der Waals surface area contributed by atoms with Crippen molar-refractivity contribution in [3.05, 3.63) is 87.9 Å². The van der Waals surface area contributed by atoms with Crippen LogP contribution in [0.25, 0.3) is 11.1 Å². The summed E-state index contributed by atoms with van der Waals surface area (Å²) in [6.45, 7) is 0. The second-order valence-corrected chi connectivity index (χ2v) is 8.10. The lowest BCUT2D eigenvalue weighted by Crippen LogP contribution is -2.43. The average molecular weight is 522 g/mol. The van der Waals surface area contributed by atoms with Gasteiger partial charge in [0.15, 0.2) is 0 Å². The smallest absolute Gasteiger partial charge is 0.416 e. The van der Waals surface area contributed by atoms with Crippen molar-refractivity contribution in [2.24, 2.45) is 0 Å². The van der Waals surface area contributed by atoms with Crippen molar-refractivity contribution in [2.45, 2.75) is 18.6 Å². The number of amides is 1. The van der Waals surface area contributed by atoms with Crippen LogP contribution in [0.1, 0.15) is 21.5 Å². The lowest BCUT2D eigenvalue weighted by atomic mass is 10.00. The molecule has 1 unspecified atom stereocenters. The SMILES string of the molecule is COC(=O)C(Cc1ccc(Br)cc1)NC(=O)c1cc(-c2ccc(C(F)(F)F)cc2)ccc1O. The molecule has 0 saturated heterocycles. The molecule has 3 aromatic rings. The summed E-state index contributed by atoms with van der Waals surface area (Å²) in [7, 11) is 1.20. The second-order valence-electron chi connectivity index (χ2n) is 7.19. The predicted octanol–water partition coefficient (Wildman–Crippen LogP) is 5.35. The molecule has 0 aliphatic heterocycles. The summed E-state index contributed by atoms with van der Waals surface area (Å²) >= 11 is 3.33. The van der Waals surface area contributed by atoms with E-state index >= 15 is 0 Å². The molecule has 9 heteroatoms. The van der Waals surface area contributed by atoms with E-state index in [2.05, 4.69) is 21.2 Å². The Balaban J connectivity index is 1.84. The highest BCUT2D eigenvalue weighted by atomic mass is 79.9. The Kier molecular flexibility index (Phi) is 7.43. The Hall–Kier alpha value is -3.33. The Morgan fingerprint density at radius 2 is 1.61 bits per heavy atom. The summed E-state index contributed by atoms with van der Waals surface area (Å²) in [5.41, 5.74) is 0.705. The first-order valence-electron chi connectivity index (χ1n) is 9.72. The molecule has 33 heavy (non-hydrogen) atoms. The number of ether oxygens (including phenoxy) is 1. The molecule has 3 aromatic carbocycles. The minimum Gasteiger partial charge on any atom is -0.507 e. The molecular weight excluding hydrogens is 503 g/mol. The minimum atomic E-state index is -4.46. The van der Waals surface area contributed by atoms with E-state index < -0.39 is 29.7 Å². The van der Waals surface area contributed by atoms with Crippen LogP contribution >= 0.6 is 15.9 Å². The molecule has 5 nitrogen and oxygen atoms in total. The lowest BCUT2D eigenvalue weighted by Gasteiger charge is -2.17. The Labute approximate surface area is 196 Å². The van der Waals surface area contributed by atoms with Gasteiger partial charge in [0.05, 0.1) is 18.2 Å². The number of phenolic OH excluding ortho intramolecular Hbond substituents is 1. The number of rotatable bonds is 6. The molecule has 0 fully saturated rings. The van der Waals surface area contributed by atoms with E-state index in [1.165, 1.54) is 37.4 Å². The van der Waals surface area contributed by atoms with Crippen molar-refractivity contribution < 1.29 is 32.6 Å². The van der Waals surface area contributed by atoms with Gasteiger partial charge in [-0.1, -0.05) is 46.3 Å². The minimum absolute atomic E-state index is 0.128. The number of methoxy groups -OCH3 is 1. The first-order chi connectivity index (χ1) is 15.6. The molecule has 0 aliphatic carbocycles. The van der Waals surface area contributed by atoms with Crippen molar-refractivity contribution >= 4 is 27.8 Å². The monoisotopic (exact) mass is 521 g/mol. The lowest BCUT2D eigenvalue weighted by molar-refractivity contribution is -0.143. The van der Waals surface area contributed by atoms with Crippen LogP contribution in [-0.4, -0.2) is 30.1 Å². The topological polar surface area (TPSA) is 75.6 Å². The van der Waals surface area contributed by atoms with Crippen LogP contribution in [0.15, 0.2) is 71.2 Å². The highest BCUT2D eigenvalue weighted by Gasteiger charge is 2.30. The molecular formula is C24H19BrF3NO4. The number of halogens is 4. The van der Waals surface area contributed by atoms with E-state index in [9.17, 15) is 27.9 Å². The number of carbonyl (C=O) groups excluding carboxylic acids is 2. The Morgan fingerprint density at radius 1 is 1.00 bits per heavy atom. The highest BCUT2D eigenvalue weighted by molar-refractivity contribution is 9.10. The molecule has 0 heterocycles. The molecule has 3 rings (SSSR count). The van der Waals surface area contributed by atoms with Gasteiger partial charge in [-0.3, -0.25) is 4.79 Å². The van der Waals surface area contributed by atoms with Crippen LogP contribution in [0.4, 0.5) is 13.2 Å². The molecule has 0 spiro atoms. The number of phenols is 1. The van der Waals surface area contributed by atoms with Gasteiger partial charge in [0, 0.05) is 10.9 Å². The van der Waals surface area contributed by atoms with Crippen LogP contribution in [0.5, 0.6) is 5.75 Å². The van der Waals surface area contributed by atoms with Crippen molar-refractivity contribution in [2.75, 3.05) is 7.11 Å². The fraction of sp³-hybridized carbons (Fsp3) is 0.167. The van der Waals surface area contributed by atoms with Gasteiger partial charge in [0.25, 0.3) is 5.91 Å². The van der Waals surface area contributed by atoms with Gasteiger partial charge in [0.1, 0.15) is 11.8 Å². The standard InChI is InChI=1S/C24H19BrF3NO4/c1-33-23(32)20(12-14-2-9-18(25)10-3-14)29-22(31)19-13-16(6-11-21(19)30)15-4-7-17(8-5-15)24(26,27)28/h2-11,13,20,30H,12H2,1H3,(H,29,31). The molecule has 0 radical (unpaired) electrons. The predicted molar refractivity (Wildman–Crippen MR) is 120 cm³/mol. The molecule has 1 atom stereocenters. The van der Waals surface area contributed by atoms with Crippen LogP contribution in [-0.2, 0) is 22.1 Å². The number of benzene rings is 3. The molecule has 1 amide bonds.